The highest BCUT2D eigenvalue weighted by Gasteiger charge is 1.86. The minimum atomic E-state index is 0.937. The normalized spacial score (nSPS) is 8.50. The molecule has 3 nitrogen and oxygen atoms in total. The molecule has 0 rings (SSSR count). The first-order chi connectivity index (χ1) is 9.64. The highest BCUT2D eigenvalue weighted by atomic mass is 15.1. The highest BCUT2D eigenvalue weighted by Crippen LogP contribution is 1.80. The molecular weight excluding hydrogens is 246 g/mol. The van der Waals surface area contributed by atoms with Crippen LogP contribution >= 0.6 is 0 Å². The summed E-state index contributed by atoms with van der Waals surface area (Å²) in [5.41, 5.74) is 4.50. The summed E-state index contributed by atoms with van der Waals surface area (Å²) in [6.07, 6.45) is 12.6. The van der Waals surface area contributed by atoms with Crippen LogP contribution in [0.15, 0.2) is 67.8 Å². The van der Waals surface area contributed by atoms with Gasteiger partial charge in [0.25, 0.3) is 0 Å². The molecule has 0 amide bonds. The average Bonchev–Trinajstić information content (AvgIpc) is 2.44. The van der Waals surface area contributed by atoms with Crippen molar-refractivity contribution in [2.24, 2.45) is 10.7 Å². The molecule has 0 radical (unpaired) electrons. The number of allylic oxidation sites excluding steroid dienone is 4. The molecular formula is C17H33N3. The van der Waals surface area contributed by atoms with Gasteiger partial charge >= 0.3 is 0 Å². The summed E-state index contributed by atoms with van der Waals surface area (Å²) in [7, 11) is 5.26. The van der Waals surface area contributed by atoms with Crippen molar-refractivity contribution in [2.75, 3.05) is 34.2 Å². The van der Waals surface area contributed by atoms with Gasteiger partial charge < -0.3 is 5.73 Å². The van der Waals surface area contributed by atoms with E-state index in [1.165, 1.54) is 7.05 Å². The second-order valence-corrected chi connectivity index (χ2v) is 3.23. The van der Waals surface area contributed by atoms with E-state index in [2.05, 4.69) is 41.9 Å². The van der Waals surface area contributed by atoms with E-state index in [-0.39, 0.29) is 0 Å². The van der Waals surface area contributed by atoms with Crippen LogP contribution < -0.4 is 5.73 Å². The average molecular weight is 279 g/mol. The molecule has 3 heteroatoms. The summed E-state index contributed by atoms with van der Waals surface area (Å²) in [4.78, 5) is 5.84. The Bertz CT molecular complexity index is 243. The maximum Gasteiger partial charge on any atom is 0.0277 e. The van der Waals surface area contributed by atoms with Gasteiger partial charge in [-0.25, -0.2) is 0 Å². The Morgan fingerprint density at radius 3 is 1.65 bits per heavy atom. The third kappa shape index (κ3) is 55.4. The van der Waals surface area contributed by atoms with Gasteiger partial charge in [0.05, 0.1) is 0 Å². The topological polar surface area (TPSA) is 41.6 Å². The van der Waals surface area contributed by atoms with Gasteiger partial charge in [-0.3, -0.25) is 9.89 Å². The van der Waals surface area contributed by atoms with Crippen molar-refractivity contribution in [3.63, 3.8) is 0 Å². The zero-order chi connectivity index (χ0) is 16.6. The molecule has 0 aromatic carbocycles. The van der Waals surface area contributed by atoms with Gasteiger partial charge in [-0.15, -0.1) is 19.7 Å². The fourth-order valence-electron chi connectivity index (χ4n) is 0.730. The van der Waals surface area contributed by atoms with Gasteiger partial charge in [0.1, 0.15) is 0 Å². The third-order valence-corrected chi connectivity index (χ3v) is 1.36. The van der Waals surface area contributed by atoms with Crippen LogP contribution in [0, 0.1) is 0 Å². The molecule has 2 N–H and O–H groups in total. The summed E-state index contributed by atoms with van der Waals surface area (Å²) in [5, 5.41) is 0. The summed E-state index contributed by atoms with van der Waals surface area (Å²) < 4.78 is 0. The van der Waals surface area contributed by atoms with Crippen molar-refractivity contribution in [1.82, 2.24) is 4.90 Å². The number of nitrogens with zero attached hydrogens (tertiary/aromatic N) is 2. The van der Waals surface area contributed by atoms with Crippen molar-refractivity contribution >= 4 is 6.21 Å². The molecule has 0 atom stereocenters. The fraction of sp³-hybridized carbons (Fsp3) is 0.353. The van der Waals surface area contributed by atoms with E-state index in [1.54, 1.807) is 25.4 Å². The quantitative estimate of drug-likeness (QED) is 0.459. The molecule has 116 valence electrons. The molecule has 0 saturated heterocycles. The SMILES string of the molecule is C=C/C=C\C=NC.C=CC.C=CCN(C)CC=C.CN. The van der Waals surface area contributed by atoms with Gasteiger partial charge in [-0.1, -0.05) is 37.0 Å². The Hall–Kier alpha value is -1.71. The van der Waals surface area contributed by atoms with Gasteiger partial charge in [-0.05, 0) is 27.1 Å². The fourth-order valence-corrected chi connectivity index (χ4v) is 0.730. The van der Waals surface area contributed by atoms with Crippen LogP contribution in [-0.2, 0) is 0 Å². The van der Waals surface area contributed by atoms with Crippen LogP contribution in [-0.4, -0.2) is 45.3 Å². The predicted octanol–water partition coefficient (Wildman–Crippen LogP) is 3.49. The van der Waals surface area contributed by atoms with Crippen LogP contribution in [0.4, 0.5) is 0 Å². The summed E-state index contributed by atoms with van der Waals surface area (Å²) >= 11 is 0. The van der Waals surface area contributed by atoms with E-state index in [1.807, 2.05) is 38.3 Å². The standard InChI is InChI=1S/C7H13N.C6H9N.C3H6.CH5N/c1-4-6-8(3)7-5-2;1-3-4-5-6-7-2;1-3-2;1-2/h4-5H,1-2,6-7H2,3H3;3-6H,1H2,2H3;3H,1H2,2H3;2H2,1H3/b;5-4-,7-6?;;. The van der Waals surface area contributed by atoms with Gasteiger partial charge in [0.15, 0.2) is 0 Å². The molecule has 0 saturated carbocycles. The van der Waals surface area contributed by atoms with E-state index in [4.69, 9.17) is 0 Å². The molecule has 0 unspecified atom stereocenters. The number of rotatable bonds is 6. The zero-order valence-electron chi connectivity index (χ0n) is 13.8. The van der Waals surface area contributed by atoms with Crippen molar-refractivity contribution in [3.05, 3.63) is 62.8 Å². The van der Waals surface area contributed by atoms with Crippen molar-refractivity contribution in [1.29, 1.82) is 0 Å². The van der Waals surface area contributed by atoms with E-state index in [9.17, 15) is 0 Å². The smallest absolute Gasteiger partial charge is 0.0277 e. The Labute approximate surface area is 126 Å². The van der Waals surface area contributed by atoms with Crippen molar-refractivity contribution in [3.8, 4) is 0 Å². The molecule has 0 fully saturated rings. The molecule has 0 spiro atoms. The summed E-state index contributed by atoms with van der Waals surface area (Å²) in [6.45, 7) is 17.8. The molecule has 0 aliphatic heterocycles. The third-order valence-electron chi connectivity index (χ3n) is 1.36. The molecule has 20 heavy (non-hydrogen) atoms. The zero-order valence-corrected chi connectivity index (χ0v) is 13.8. The van der Waals surface area contributed by atoms with Crippen molar-refractivity contribution in [2.45, 2.75) is 6.92 Å². The summed E-state index contributed by atoms with van der Waals surface area (Å²) in [6, 6.07) is 0. The van der Waals surface area contributed by atoms with E-state index >= 15 is 0 Å². The largest absolute Gasteiger partial charge is 0.333 e. The molecule has 0 aromatic rings. The molecule has 0 bridgehead atoms. The van der Waals surface area contributed by atoms with Crippen LogP contribution in [0.5, 0.6) is 0 Å². The van der Waals surface area contributed by atoms with Crippen LogP contribution in [0.1, 0.15) is 6.92 Å². The first kappa shape index (κ1) is 26.8. The number of aliphatic imine (C=N–C) groups is 1. The van der Waals surface area contributed by atoms with Gasteiger partial charge in [0, 0.05) is 26.4 Å². The lowest BCUT2D eigenvalue weighted by Gasteiger charge is -2.09. The van der Waals surface area contributed by atoms with Crippen LogP contribution in [0.25, 0.3) is 0 Å². The van der Waals surface area contributed by atoms with Gasteiger partial charge in [0.2, 0.25) is 0 Å². The second kappa shape index (κ2) is 36.0. The molecule has 0 heterocycles. The highest BCUT2D eigenvalue weighted by molar-refractivity contribution is 5.71. The van der Waals surface area contributed by atoms with Crippen LogP contribution in [0.2, 0.25) is 0 Å². The Kier molecular flexibility index (Phi) is 48.2. The minimum Gasteiger partial charge on any atom is -0.333 e. The Balaban J connectivity index is -0.0000000974. The lowest BCUT2D eigenvalue weighted by atomic mass is 10.5. The lowest BCUT2D eigenvalue weighted by Crippen LogP contribution is -2.17. The molecule has 0 aromatic heterocycles. The van der Waals surface area contributed by atoms with Gasteiger partial charge in [-0.2, -0.15) is 0 Å². The number of hydrogen-bond donors (Lipinski definition) is 1. The monoisotopic (exact) mass is 279 g/mol. The van der Waals surface area contributed by atoms with E-state index in [0.717, 1.165) is 13.1 Å². The minimum absolute atomic E-state index is 0.937. The number of nitrogens with two attached hydrogens (primary N) is 1. The van der Waals surface area contributed by atoms with E-state index < -0.39 is 0 Å². The maximum absolute atomic E-state index is 4.50. The maximum atomic E-state index is 4.50. The second-order valence-electron chi connectivity index (χ2n) is 3.23. The first-order valence-electron chi connectivity index (χ1n) is 6.39. The molecule has 0 aliphatic carbocycles. The predicted molar refractivity (Wildman–Crippen MR) is 97.6 cm³/mol. The van der Waals surface area contributed by atoms with Crippen molar-refractivity contribution < 1.29 is 0 Å². The Morgan fingerprint density at radius 2 is 1.40 bits per heavy atom. The molecule has 0 aliphatic rings. The number of hydrogen-bond acceptors (Lipinski definition) is 3. The number of likely N-dealkylation sites (N-methyl/N-ethyl adjacent to an activating group) is 1. The lowest BCUT2D eigenvalue weighted by molar-refractivity contribution is 0.413. The van der Waals surface area contributed by atoms with E-state index in [0.29, 0.717) is 0 Å². The Morgan fingerprint density at radius 1 is 1.00 bits per heavy atom. The first-order valence-corrected chi connectivity index (χ1v) is 6.39. The summed E-state index contributed by atoms with van der Waals surface area (Å²) in [5.74, 6) is 0. The van der Waals surface area contributed by atoms with Crippen LogP contribution in [0.3, 0.4) is 0 Å².